The number of nitrogens with zero attached hydrogens (tertiary/aromatic N) is 1. The first kappa shape index (κ1) is 21.7. The van der Waals surface area contributed by atoms with Crippen molar-refractivity contribution in [3.05, 3.63) is 53.1 Å². The Morgan fingerprint density at radius 3 is 2.13 bits per heavy atom. The van der Waals surface area contributed by atoms with E-state index in [0.29, 0.717) is 17.2 Å². The quantitative estimate of drug-likeness (QED) is 0.547. The number of rotatable bonds is 7. The van der Waals surface area contributed by atoms with Crippen molar-refractivity contribution in [2.24, 2.45) is 11.0 Å². The molecule has 1 saturated carbocycles. The Kier molecular flexibility index (Phi) is 6.34. The van der Waals surface area contributed by atoms with Crippen molar-refractivity contribution in [1.82, 2.24) is 5.43 Å². The number of hydrogen-bond acceptors (Lipinski definition) is 5. The summed E-state index contributed by atoms with van der Waals surface area (Å²) in [5.74, 6) is 1.73. The lowest BCUT2D eigenvalue weighted by Gasteiger charge is -2.19. The van der Waals surface area contributed by atoms with Crippen molar-refractivity contribution in [1.29, 1.82) is 0 Å². The van der Waals surface area contributed by atoms with E-state index in [1.165, 1.54) is 11.1 Å². The van der Waals surface area contributed by atoms with Crippen LogP contribution in [0.3, 0.4) is 0 Å². The molecule has 1 fully saturated rings. The Morgan fingerprint density at radius 2 is 1.63 bits per heavy atom. The second-order valence-electron chi connectivity index (χ2n) is 8.51. The van der Waals surface area contributed by atoms with Gasteiger partial charge >= 0.3 is 0 Å². The predicted molar refractivity (Wildman–Crippen MR) is 118 cm³/mol. The van der Waals surface area contributed by atoms with Crippen LogP contribution in [0.15, 0.2) is 41.5 Å². The third-order valence-corrected chi connectivity index (χ3v) is 5.41. The SMILES string of the molecule is COc1cc(/C=N\NC(=O)[C@@H]2C[C@@H]2c2ccc(C(C)(C)C)cc2)cc(OC)c1OC. The maximum Gasteiger partial charge on any atom is 0.243 e. The molecule has 2 atom stereocenters. The monoisotopic (exact) mass is 410 g/mol. The van der Waals surface area contributed by atoms with E-state index < -0.39 is 0 Å². The third-order valence-electron chi connectivity index (χ3n) is 5.41. The summed E-state index contributed by atoms with van der Waals surface area (Å²) in [6.45, 7) is 6.59. The predicted octanol–water partition coefficient (Wildman–Crippen LogP) is 4.26. The van der Waals surface area contributed by atoms with E-state index in [0.717, 1.165) is 12.0 Å². The highest BCUT2D eigenvalue weighted by molar-refractivity contribution is 5.86. The standard InChI is InChI=1S/C24H30N2O4/c1-24(2,3)17-9-7-16(8-10-17)18-13-19(18)23(27)26-25-14-15-11-20(28-4)22(30-6)21(12-15)29-5/h7-12,14,18-19H,13H2,1-6H3,(H,26,27)/b25-14-/t18-,19-/m1/s1. The molecule has 1 N–H and O–H groups in total. The molecule has 0 spiro atoms. The number of methoxy groups -OCH3 is 3. The van der Waals surface area contributed by atoms with Crippen molar-refractivity contribution >= 4 is 12.1 Å². The number of amides is 1. The lowest BCUT2D eigenvalue weighted by Crippen LogP contribution is -2.20. The Bertz CT molecular complexity index is 904. The molecule has 0 aliphatic heterocycles. The molecular weight excluding hydrogens is 380 g/mol. The van der Waals surface area contributed by atoms with Crippen molar-refractivity contribution < 1.29 is 19.0 Å². The molecule has 160 valence electrons. The van der Waals surface area contributed by atoms with E-state index in [1.807, 2.05) is 0 Å². The molecule has 6 nitrogen and oxygen atoms in total. The molecule has 30 heavy (non-hydrogen) atoms. The van der Waals surface area contributed by atoms with Crippen LogP contribution in [0.1, 0.15) is 49.8 Å². The number of nitrogens with one attached hydrogen (secondary N) is 1. The minimum Gasteiger partial charge on any atom is -0.493 e. The zero-order valence-corrected chi connectivity index (χ0v) is 18.5. The summed E-state index contributed by atoms with van der Waals surface area (Å²) >= 11 is 0. The molecule has 0 heterocycles. The van der Waals surface area contributed by atoms with Crippen LogP contribution < -0.4 is 19.6 Å². The normalized spacial score (nSPS) is 18.2. The second kappa shape index (κ2) is 8.78. The highest BCUT2D eigenvalue weighted by Crippen LogP contribution is 2.47. The average Bonchev–Trinajstić information content (AvgIpc) is 3.53. The molecule has 1 aliphatic rings. The van der Waals surface area contributed by atoms with Gasteiger partial charge in [0, 0.05) is 11.5 Å². The number of carbonyl (C=O) groups is 1. The van der Waals surface area contributed by atoms with Gasteiger partial charge in [-0.05, 0) is 41.0 Å². The second-order valence-corrected chi connectivity index (χ2v) is 8.51. The first-order valence-electron chi connectivity index (χ1n) is 10.0. The molecule has 2 aromatic carbocycles. The van der Waals surface area contributed by atoms with E-state index in [1.54, 1.807) is 39.7 Å². The molecular formula is C24H30N2O4. The molecule has 1 amide bonds. The highest BCUT2D eigenvalue weighted by Gasteiger charge is 2.44. The number of carbonyl (C=O) groups excluding carboxylic acids is 1. The lowest BCUT2D eigenvalue weighted by atomic mass is 9.86. The smallest absolute Gasteiger partial charge is 0.243 e. The number of hydrogen-bond donors (Lipinski definition) is 1. The number of benzene rings is 2. The van der Waals surface area contributed by atoms with Crippen LogP contribution in [-0.2, 0) is 10.2 Å². The fourth-order valence-electron chi connectivity index (χ4n) is 3.51. The number of hydrazone groups is 1. The maximum atomic E-state index is 12.5. The summed E-state index contributed by atoms with van der Waals surface area (Å²) in [5, 5.41) is 4.11. The molecule has 0 saturated heterocycles. The van der Waals surface area contributed by atoms with Crippen LogP contribution in [0.2, 0.25) is 0 Å². The Balaban J connectivity index is 1.61. The van der Waals surface area contributed by atoms with Gasteiger partial charge in [-0.15, -0.1) is 0 Å². The zero-order valence-electron chi connectivity index (χ0n) is 18.5. The first-order chi connectivity index (χ1) is 14.3. The van der Waals surface area contributed by atoms with Gasteiger partial charge < -0.3 is 14.2 Å². The Labute approximate surface area is 178 Å². The fourth-order valence-corrected chi connectivity index (χ4v) is 3.51. The van der Waals surface area contributed by atoms with Crippen molar-refractivity contribution in [3.8, 4) is 17.2 Å². The van der Waals surface area contributed by atoms with Gasteiger partial charge in [-0.25, -0.2) is 5.43 Å². The lowest BCUT2D eigenvalue weighted by molar-refractivity contribution is -0.122. The van der Waals surface area contributed by atoms with Gasteiger partial charge in [0.1, 0.15) is 0 Å². The molecule has 3 rings (SSSR count). The van der Waals surface area contributed by atoms with Gasteiger partial charge in [0.2, 0.25) is 11.7 Å². The van der Waals surface area contributed by atoms with E-state index in [-0.39, 0.29) is 23.2 Å². The summed E-state index contributed by atoms with van der Waals surface area (Å²) in [5.41, 5.74) is 6.01. The molecule has 0 aromatic heterocycles. The number of ether oxygens (including phenoxy) is 3. The summed E-state index contributed by atoms with van der Waals surface area (Å²) < 4.78 is 16.0. The van der Waals surface area contributed by atoms with Gasteiger partial charge in [0.15, 0.2) is 11.5 Å². The average molecular weight is 411 g/mol. The van der Waals surface area contributed by atoms with Crippen LogP contribution in [0.25, 0.3) is 0 Å². The fraction of sp³-hybridized carbons (Fsp3) is 0.417. The van der Waals surface area contributed by atoms with Crippen LogP contribution in [-0.4, -0.2) is 33.5 Å². The molecule has 6 heteroatoms. The van der Waals surface area contributed by atoms with Gasteiger partial charge in [-0.3, -0.25) is 4.79 Å². The van der Waals surface area contributed by atoms with Crippen molar-refractivity contribution in [3.63, 3.8) is 0 Å². The van der Waals surface area contributed by atoms with E-state index in [2.05, 4.69) is 55.6 Å². The molecule has 0 unspecified atom stereocenters. The van der Waals surface area contributed by atoms with Crippen LogP contribution in [0.5, 0.6) is 17.2 Å². The van der Waals surface area contributed by atoms with E-state index in [9.17, 15) is 4.79 Å². The first-order valence-corrected chi connectivity index (χ1v) is 10.0. The Hall–Kier alpha value is -3.02. The Morgan fingerprint density at radius 1 is 1.03 bits per heavy atom. The van der Waals surface area contributed by atoms with Gasteiger partial charge in [0.05, 0.1) is 27.5 Å². The zero-order chi connectivity index (χ0) is 21.9. The molecule has 2 aromatic rings. The molecule has 0 radical (unpaired) electrons. The van der Waals surface area contributed by atoms with Gasteiger partial charge in [-0.2, -0.15) is 5.10 Å². The maximum absolute atomic E-state index is 12.5. The van der Waals surface area contributed by atoms with Crippen molar-refractivity contribution in [2.75, 3.05) is 21.3 Å². The summed E-state index contributed by atoms with van der Waals surface area (Å²) in [4.78, 5) is 12.5. The van der Waals surface area contributed by atoms with E-state index >= 15 is 0 Å². The largest absolute Gasteiger partial charge is 0.493 e. The van der Waals surface area contributed by atoms with Crippen LogP contribution in [0.4, 0.5) is 0 Å². The molecule has 0 bridgehead atoms. The minimum absolute atomic E-state index is 0.0393. The summed E-state index contributed by atoms with van der Waals surface area (Å²) in [6.07, 6.45) is 2.41. The minimum atomic E-state index is -0.0661. The van der Waals surface area contributed by atoms with Crippen LogP contribution >= 0.6 is 0 Å². The van der Waals surface area contributed by atoms with Gasteiger partial charge in [-0.1, -0.05) is 45.0 Å². The molecule has 1 aliphatic carbocycles. The summed E-state index contributed by atoms with van der Waals surface area (Å²) in [6, 6.07) is 12.1. The topological polar surface area (TPSA) is 69.2 Å². The summed E-state index contributed by atoms with van der Waals surface area (Å²) in [7, 11) is 4.67. The van der Waals surface area contributed by atoms with E-state index in [4.69, 9.17) is 14.2 Å². The van der Waals surface area contributed by atoms with Crippen molar-refractivity contribution in [2.45, 2.75) is 38.5 Å². The highest BCUT2D eigenvalue weighted by atomic mass is 16.5. The van der Waals surface area contributed by atoms with Gasteiger partial charge in [0.25, 0.3) is 0 Å². The van der Waals surface area contributed by atoms with Crippen LogP contribution in [0, 0.1) is 5.92 Å². The third kappa shape index (κ3) is 4.75.